The van der Waals surface area contributed by atoms with E-state index in [0.717, 1.165) is 19.6 Å². The third-order valence-corrected chi connectivity index (χ3v) is 3.06. The van der Waals surface area contributed by atoms with Gasteiger partial charge < -0.3 is 20.3 Å². The summed E-state index contributed by atoms with van der Waals surface area (Å²) in [5.41, 5.74) is 0.505. The summed E-state index contributed by atoms with van der Waals surface area (Å²) in [5, 5.41) is 6.21. The highest BCUT2D eigenvalue weighted by Gasteiger charge is 2.09. The van der Waals surface area contributed by atoms with Gasteiger partial charge in [0.15, 0.2) is 0 Å². The zero-order chi connectivity index (χ0) is 15.7. The minimum atomic E-state index is -0.154. The van der Waals surface area contributed by atoms with Crippen molar-refractivity contribution in [2.45, 2.75) is 6.92 Å². The number of carbonyl (C=O) groups is 1. The molecule has 0 unspecified atom stereocenters. The van der Waals surface area contributed by atoms with Crippen molar-refractivity contribution in [3.05, 3.63) is 22.8 Å². The molecule has 6 nitrogen and oxygen atoms in total. The van der Waals surface area contributed by atoms with Crippen LogP contribution in [-0.4, -0.2) is 62.7 Å². The van der Waals surface area contributed by atoms with Gasteiger partial charge in [-0.3, -0.25) is 4.79 Å². The lowest BCUT2D eigenvalue weighted by atomic mass is 10.2. The molecule has 0 aliphatic carbocycles. The molecule has 0 saturated carbocycles. The number of amides is 1. The first-order valence-corrected chi connectivity index (χ1v) is 7.31. The first-order chi connectivity index (χ1) is 10.1. The predicted molar refractivity (Wildman–Crippen MR) is 85.1 cm³/mol. The highest BCUT2D eigenvalue weighted by Crippen LogP contribution is 2.14. The van der Waals surface area contributed by atoms with E-state index in [1.165, 1.54) is 0 Å². The molecular weight excluding hydrogens is 292 g/mol. The van der Waals surface area contributed by atoms with Gasteiger partial charge in [-0.25, -0.2) is 4.98 Å². The number of nitrogens with zero attached hydrogens (tertiary/aromatic N) is 2. The fraction of sp³-hybridized carbons (Fsp3) is 0.571. The van der Waals surface area contributed by atoms with Crippen molar-refractivity contribution >= 4 is 23.3 Å². The lowest BCUT2D eigenvalue weighted by Gasteiger charge is -2.16. The molecule has 0 aromatic carbocycles. The van der Waals surface area contributed by atoms with Gasteiger partial charge >= 0.3 is 0 Å². The van der Waals surface area contributed by atoms with Gasteiger partial charge in [0.25, 0.3) is 5.91 Å². The maximum atomic E-state index is 12.1. The Hall–Kier alpha value is -1.37. The number of ether oxygens (including phenoxy) is 1. The van der Waals surface area contributed by atoms with Crippen molar-refractivity contribution in [1.82, 2.24) is 15.2 Å². The van der Waals surface area contributed by atoms with Crippen LogP contribution in [0.15, 0.2) is 12.1 Å². The van der Waals surface area contributed by atoms with Crippen molar-refractivity contribution < 1.29 is 9.53 Å². The Kier molecular flexibility index (Phi) is 8.04. The van der Waals surface area contributed by atoms with Gasteiger partial charge in [0, 0.05) is 38.9 Å². The topological polar surface area (TPSA) is 66.5 Å². The lowest BCUT2D eigenvalue weighted by molar-refractivity contribution is 0.0947. The van der Waals surface area contributed by atoms with Crippen LogP contribution in [0.25, 0.3) is 0 Å². The van der Waals surface area contributed by atoms with E-state index in [1.807, 2.05) is 14.0 Å². The van der Waals surface area contributed by atoms with Crippen molar-refractivity contribution in [3.8, 4) is 0 Å². The second-order valence-electron chi connectivity index (χ2n) is 4.65. The van der Waals surface area contributed by atoms with Crippen LogP contribution in [0, 0.1) is 0 Å². The molecule has 0 bridgehead atoms. The number of rotatable bonds is 9. The SMILES string of the molecule is CCNc1cc(C(=O)NCCN(C)CCOC)cc(Cl)n1. The third-order valence-electron chi connectivity index (χ3n) is 2.87. The van der Waals surface area contributed by atoms with Gasteiger partial charge in [-0.05, 0) is 26.1 Å². The monoisotopic (exact) mass is 314 g/mol. The fourth-order valence-corrected chi connectivity index (χ4v) is 1.93. The van der Waals surface area contributed by atoms with E-state index in [2.05, 4.69) is 20.5 Å². The van der Waals surface area contributed by atoms with E-state index in [1.54, 1.807) is 19.2 Å². The molecule has 0 spiro atoms. The molecule has 118 valence electrons. The Morgan fingerprint density at radius 1 is 1.43 bits per heavy atom. The number of aromatic nitrogens is 1. The summed E-state index contributed by atoms with van der Waals surface area (Å²) in [6, 6.07) is 3.26. The highest BCUT2D eigenvalue weighted by molar-refractivity contribution is 6.29. The molecule has 0 atom stereocenters. The number of carbonyl (C=O) groups excluding carboxylic acids is 1. The maximum absolute atomic E-state index is 12.1. The van der Waals surface area contributed by atoms with E-state index in [4.69, 9.17) is 16.3 Å². The summed E-state index contributed by atoms with van der Waals surface area (Å²) in [5.74, 6) is 0.450. The van der Waals surface area contributed by atoms with Crippen LogP contribution in [0.4, 0.5) is 5.82 Å². The normalized spacial score (nSPS) is 10.7. The van der Waals surface area contributed by atoms with Crippen molar-refractivity contribution in [1.29, 1.82) is 0 Å². The Balaban J connectivity index is 2.48. The number of anilines is 1. The largest absolute Gasteiger partial charge is 0.383 e. The van der Waals surface area contributed by atoms with Gasteiger partial charge in [0.2, 0.25) is 0 Å². The third kappa shape index (κ3) is 6.75. The number of hydrogen-bond donors (Lipinski definition) is 2. The lowest BCUT2D eigenvalue weighted by Crippen LogP contribution is -2.34. The molecule has 2 N–H and O–H groups in total. The first-order valence-electron chi connectivity index (χ1n) is 6.94. The number of hydrogen-bond acceptors (Lipinski definition) is 5. The van der Waals surface area contributed by atoms with Crippen molar-refractivity contribution in [2.24, 2.45) is 0 Å². The van der Waals surface area contributed by atoms with Gasteiger partial charge in [0.1, 0.15) is 11.0 Å². The zero-order valence-electron chi connectivity index (χ0n) is 12.8. The minimum absolute atomic E-state index is 0.154. The summed E-state index contributed by atoms with van der Waals surface area (Å²) >= 11 is 5.92. The van der Waals surface area contributed by atoms with Crippen LogP contribution in [0.2, 0.25) is 5.15 Å². The van der Waals surface area contributed by atoms with Crippen LogP contribution in [0.1, 0.15) is 17.3 Å². The molecule has 0 fully saturated rings. The summed E-state index contributed by atoms with van der Waals surface area (Å²) in [4.78, 5) is 18.3. The van der Waals surface area contributed by atoms with Crippen molar-refractivity contribution in [2.75, 3.05) is 52.3 Å². The Morgan fingerprint density at radius 2 is 2.19 bits per heavy atom. The van der Waals surface area contributed by atoms with Crippen LogP contribution >= 0.6 is 11.6 Å². The van der Waals surface area contributed by atoms with Gasteiger partial charge in [-0.2, -0.15) is 0 Å². The van der Waals surface area contributed by atoms with E-state index >= 15 is 0 Å². The van der Waals surface area contributed by atoms with E-state index < -0.39 is 0 Å². The van der Waals surface area contributed by atoms with Crippen LogP contribution in [0.5, 0.6) is 0 Å². The molecule has 0 radical (unpaired) electrons. The molecule has 1 aromatic heterocycles. The van der Waals surface area contributed by atoms with Crippen molar-refractivity contribution in [3.63, 3.8) is 0 Å². The van der Waals surface area contributed by atoms with Crippen LogP contribution < -0.4 is 10.6 Å². The summed E-state index contributed by atoms with van der Waals surface area (Å²) in [7, 11) is 3.66. The van der Waals surface area contributed by atoms with Crippen LogP contribution in [0.3, 0.4) is 0 Å². The second kappa shape index (κ2) is 9.55. The Labute approximate surface area is 130 Å². The number of methoxy groups -OCH3 is 1. The van der Waals surface area contributed by atoms with E-state index in [-0.39, 0.29) is 5.91 Å². The molecule has 0 saturated heterocycles. The predicted octanol–water partition coefficient (Wildman–Crippen LogP) is 1.47. The average Bonchev–Trinajstić information content (AvgIpc) is 2.44. The Morgan fingerprint density at radius 3 is 2.86 bits per heavy atom. The Bertz CT molecular complexity index is 457. The summed E-state index contributed by atoms with van der Waals surface area (Å²) < 4.78 is 5.00. The zero-order valence-corrected chi connectivity index (χ0v) is 13.5. The molecule has 1 rings (SSSR count). The summed E-state index contributed by atoms with van der Waals surface area (Å²) in [6.07, 6.45) is 0. The van der Waals surface area contributed by atoms with Gasteiger partial charge in [-0.1, -0.05) is 11.6 Å². The number of halogens is 1. The highest BCUT2D eigenvalue weighted by atomic mass is 35.5. The smallest absolute Gasteiger partial charge is 0.251 e. The number of nitrogens with one attached hydrogen (secondary N) is 2. The average molecular weight is 315 g/mol. The molecule has 1 amide bonds. The summed E-state index contributed by atoms with van der Waals surface area (Å²) in [6.45, 7) is 5.51. The van der Waals surface area contributed by atoms with Gasteiger partial charge in [0.05, 0.1) is 6.61 Å². The molecule has 0 aliphatic heterocycles. The van der Waals surface area contributed by atoms with Gasteiger partial charge in [-0.15, -0.1) is 0 Å². The number of pyridine rings is 1. The molecule has 1 aromatic rings. The number of likely N-dealkylation sites (N-methyl/N-ethyl adjacent to an activating group) is 1. The standard InChI is InChI=1S/C14H23ClN4O2/c1-4-16-13-10-11(9-12(15)18-13)14(20)17-5-6-19(2)7-8-21-3/h9-10H,4-8H2,1-3H3,(H,16,18)(H,17,20). The molecule has 1 heterocycles. The van der Waals surface area contributed by atoms with E-state index in [9.17, 15) is 4.79 Å². The molecular formula is C14H23ClN4O2. The molecule has 0 aliphatic rings. The second-order valence-corrected chi connectivity index (χ2v) is 5.03. The molecule has 21 heavy (non-hydrogen) atoms. The first kappa shape index (κ1) is 17.7. The fourth-order valence-electron chi connectivity index (χ4n) is 1.72. The van der Waals surface area contributed by atoms with Crippen LogP contribution in [-0.2, 0) is 4.74 Å². The minimum Gasteiger partial charge on any atom is -0.383 e. The van der Waals surface area contributed by atoms with E-state index in [0.29, 0.717) is 29.7 Å². The quantitative estimate of drug-likeness (QED) is 0.676. The maximum Gasteiger partial charge on any atom is 0.251 e. The molecule has 7 heteroatoms.